The average Bonchev–Trinajstić information content (AvgIpc) is 2.88. The minimum absolute atomic E-state index is 0.0782. The third kappa shape index (κ3) is 7.11. The molecule has 0 aliphatic carbocycles. The first kappa shape index (κ1) is 25.9. The van der Waals surface area contributed by atoms with E-state index in [2.05, 4.69) is 5.32 Å². The Morgan fingerprint density at radius 2 is 1.71 bits per heavy atom. The van der Waals surface area contributed by atoms with Gasteiger partial charge in [-0.2, -0.15) is 0 Å². The summed E-state index contributed by atoms with van der Waals surface area (Å²) < 4.78 is 21.9. The van der Waals surface area contributed by atoms with Crippen LogP contribution in [-0.2, 0) is 14.3 Å². The lowest BCUT2D eigenvalue weighted by Crippen LogP contribution is -2.38. The Hall–Kier alpha value is -3.75. The van der Waals surface area contributed by atoms with E-state index in [1.807, 2.05) is 0 Å². The van der Waals surface area contributed by atoms with E-state index >= 15 is 0 Å². The minimum Gasteiger partial charge on any atom is -0.495 e. The van der Waals surface area contributed by atoms with E-state index in [0.717, 1.165) is 32.4 Å². The van der Waals surface area contributed by atoms with Gasteiger partial charge in [-0.25, -0.2) is 4.79 Å². The van der Waals surface area contributed by atoms with Crippen molar-refractivity contribution in [1.82, 2.24) is 4.90 Å². The molecule has 1 fully saturated rings. The predicted octanol–water partition coefficient (Wildman–Crippen LogP) is 3.67. The molecule has 9 nitrogen and oxygen atoms in total. The number of likely N-dealkylation sites (tertiary alicyclic amines) is 1. The Bertz CT molecular complexity index is 1030. The highest BCUT2D eigenvalue weighted by atomic mass is 16.5. The van der Waals surface area contributed by atoms with Crippen molar-refractivity contribution >= 4 is 23.5 Å². The largest absolute Gasteiger partial charge is 0.495 e. The van der Waals surface area contributed by atoms with Gasteiger partial charge in [-0.3, -0.25) is 9.59 Å². The molecule has 9 heteroatoms. The average molecular weight is 485 g/mol. The maximum absolute atomic E-state index is 12.7. The number of carbonyl (C=O) groups excluding carboxylic acids is 3. The van der Waals surface area contributed by atoms with Gasteiger partial charge in [0.05, 0.1) is 25.0 Å². The van der Waals surface area contributed by atoms with Gasteiger partial charge in [0.15, 0.2) is 24.2 Å². The van der Waals surface area contributed by atoms with Crippen molar-refractivity contribution in [3.8, 4) is 17.2 Å². The third-order valence-electron chi connectivity index (χ3n) is 5.56. The smallest absolute Gasteiger partial charge is 0.339 e. The second-order valence-corrected chi connectivity index (χ2v) is 8.06. The van der Waals surface area contributed by atoms with Crippen LogP contribution in [0.15, 0.2) is 42.5 Å². The van der Waals surface area contributed by atoms with Crippen LogP contribution in [0.3, 0.4) is 0 Å². The highest BCUT2D eigenvalue weighted by Crippen LogP contribution is 2.29. The summed E-state index contributed by atoms with van der Waals surface area (Å²) in [5.41, 5.74) is 0.669. The van der Waals surface area contributed by atoms with Crippen LogP contribution in [-0.4, -0.2) is 62.2 Å². The summed E-state index contributed by atoms with van der Waals surface area (Å²) in [5, 5.41) is 2.69. The number of benzene rings is 2. The number of amides is 2. The first-order valence-electron chi connectivity index (χ1n) is 11.7. The van der Waals surface area contributed by atoms with Crippen LogP contribution in [0.4, 0.5) is 5.69 Å². The van der Waals surface area contributed by atoms with E-state index in [4.69, 9.17) is 18.9 Å². The van der Waals surface area contributed by atoms with Gasteiger partial charge in [-0.15, -0.1) is 0 Å². The predicted molar refractivity (Wildman–Crippen MR) is 130 cm³/mol. The summed E-state index contributed by atoms with van der Waals surface area (Å²) >= 11 is 0. The first-order chi connectivity index (χ1) is 16.9. The molecule has 188 valence electrons. The molecule has 2 amide bonds. The fraction of sp³-hybridized carbons (Fsp3) is 0.423. The number of methoxy groups -OCH3 is 1. The van der Waals surface area contributed by atoms with E-state index in [1.165, 1.54) is 26.2 Å². The van der Waals surface area contributed by atoms with Crippen molar-refractivity contribution in [2.45, 2.75) is 39.2 Å². The van der Waals surface area contributed by atoms with Gasteiger partial charge in [-0.05, 0) is 63.4 Å². The van der Waals surface area contributed by atoms with Gasteiger partial charge in [0.2, 0.25) is 0 Å². The SMILES string of the molecule is CCOc1cc(C(=O)O[C@H](C)C(=O)Nc2ccccc2OC)ccc1OCC(=O)N1CCCCC1. The first-order valence-corrected chi connectivity index (χ1v) is 11.7. The number of carbonyl (C=O) groups is 3. The lowest BCUT2D eigenvalue weighted by molar-refractivity contribution is -0.134. The zero-order valence-electron chi connectivity index (χ0n) is 20.4. The van der Waals surface area contributed by atoms with Crippen molar-refractivity contribution < 1.29 is 33.3 Å². The number of hydrogen-bond donors (Lipinski definition) is 1. The highest BCUT2D eigenvalue weighted by molar-refractivity contribution is 5.98. The molecule has 0 aromatic heterocycles. The van der Waals surface area contributed by atoms with E-state index < -0.39 is 18.0 Å². The van der Waals surface area contributed by atoms with Crippen LogP contribution in [0.2, 0.25) is 0 Å². The van der Waals surface area contributed by atoms with Gasteiger partial charge < -0.3 is 29.2 Å². The van der Waals surface area contributed by atoms with Gasteiger partial charge in [0.25, 0.3) is 11.8 Å². The number of piperidine rings is 1. The standard InChI is InChI=1S/C26H32N2O7/c1-4-33-23-16-19(12-13-22(23)34-17-24(29)28-14-8-5-9-15-28)26(31)35-18(2)25(30)27-20-10-6-7-11-21(20)32-3/h6-7,10-13,16,18H,4-5,8-9,14-15,17H2,1-3H3,(H,27,30)/t18-/m1/s1. The second kappa shape index (κ2) is 12.6. The molecule has 0 saturated carbocycles. The molecule has 1 aliphatic heterocycles. The van der Waals surface area contributed by atoms with E-state index in [9.17, 15) is 14.4 Å². The van der Waals surface area contributed by atoms with Crippen LogP contribution in [0.1, 0.15) is 43.5 Å². The number of nitrogens with zero attached hydrogens (tertiary/aromatic N) is 1. The molecular weight excluding hydrogens is 452 g/mol. The number of esters is 1. The Balaban J connectivity index is 1.61. The third-order valence-corrected chi connectivity index (χ3v) is 5.56. The fourth-order valence-electron chi connectivity index (χ4n) is 3.66. The molecule has 2 aromatic rings. The maximum atomic E-state index is 12.7. The van der Waals surface area contributed by atoms with Crippen LogP contribution in [0.5, 0.6) is 17.2 Å². The Kier molecular flexibility index (Phi) is 9.34. The number of para-hydroxylation sites is 2. The second-order valence-electron chi connectivity index (χ2n) is 8.06. The number of nitrogens with one attached hydrogen (secondary N) is 1. The maximum Gasteiger partial charge on any atom is 0.339 e. The summed E-state index contributed by atoms with van der Waals surface area (Å²) in [6.45, 7) is 5.01. The van der Waals surface area contributed by atoms with Crippen molar-refractivity contribution in [2.24, 2.45) is 0 Å². The van der Waals surface area contributed by atoms with Crippen molar-refractivity contribution in [1.29, 1.82) is 0 Å². The topological polar surface area (TPSA) is 103 Å². The molecule has 35 heavy (non-hydrogen) atoms. The molecule has 1 N–H and O–H groups in total. The number of anilines is 1. The van der Waals surface area contributed by atoms with Crippen LogP contribution < -0.4 is 19.5 Å². The van der Waals surface area contributed by atoms with Crippen LogP contribution >= 0.6 is 0 Å². The van der Waals surface area contributed by atoms with Crippen LogP contribution in [0.25, 0.3) is 0 Å². The van der Waals surface area contributed by atoms with Gasteiger partial charge in [0, 0.05) is 13.1 Å². The van der Waals surface area contributed by atoms with Gasteiger partial charge in [-0.1, -0.05) is 12.1 Å². The summed E-state index contributed by atoms with van der Waals surface area (Å²) in [6, 6.07) is 11.5. The molecule has 0 bridgehead atoms. The Morgan fingerprint density at radius 3 is 2.43 bits per heavy atom. The van der Waals surface area contributed by atoms with Gasteiger partial charge in [0.1, 0.15) is 5.75 Å². The van der Waals surface area contributed by atoms with Crippen molar-refractivity contribution in [3.63, 3.8) is 0 Å². The van der Waals surface area contributed by atoms with E-state index in [-0.39, 0.29) is 18.1 Å². The Morgan fingerprint density at radius 1 is 0.971 bits per heavy atom. The number of hydrogen-bond acceptors (Lipinski definition) is 7. The number of ether oxygens (including phenoxy) is 4. The number of rotatable bonds is 10. The molecule has 0 radical (unpaired) electrons. The normalized spacial score (nSPS) is 14.0. The Labute approximate surface area is 205 Å². The molecule has 0 unspecified atom stereocenters. The molecule has 0 spiro atoms. The fourth-order valence-corrected chi connectivity index (χ4v) is 3.66. The molecule has 3 rings (SSSR count). The summed E-state index contributed by atoms with van der Waals surface area (Å²) in [5.74, 6) is -0.0931. The molecule has 1 saturated heterocycles. The highest BCUT2D eigenvalue weighted by Gasteiger charge is 2.22. The summed E-state index contributed by atoms with van der Waals surface area (Å²) in [7, 11) is 1.50. The summed E-state index contributed by atoms with van der Waals surface area (Å²) in [6.07, 6.45) is 2.09. The molecule has 1 aliphatic rings. The van der Waals surface area contributed by atoms with E-state index in [0.29, 0.717) is 29.5 Å². The molecule has 1 heterocycles. The molecule has 2 aromatic carbocycles. The zero-order chi connectivity index (χ0) is 25.2. The zero-order valence-corrected chi connectivity index (χ0v) is 20.4. The lowest BCUT2D eigenvalue weighted by atomic mass is 10.1. The van der Waals surface area contributed by atoms with E-state index in [1.54, 1.807) is 42.2 Å². The van der Waals surface area contributed by atoms with Crippen LogP contribution in [0, 0.1) is 0 Å². The molecular formula is C26H32N2O7. The molecule has 1 atom stereocenters. The van der Waals surface area contributed by atoms with Crippen molar-refractivity contribution in [3.05, 3.63) is 48.0 Å². The summed E-state index contributed by atoms with van der Waals surface area (Å²) in [4.78, 5) is 39.4. The quantitative estimate of drug-likeness (QED) is 0.513. The monoisotopic (exact) mass is 484 g/mol. The minimum atomic E-state index is -1.05. The lowest BCUT2D eigenvalue weighted by Gasteiger charge is -2.26. The van der Waals surface area contributed by atoms with Gasteiger partial charge >= 0.3 is 5.97 Å². The van der Waals surface area contributed by atoms with Crippen molar-refractivity contribution in [2.75, 3.05) is 38.7 Å².